The van der Waals surface area contributed by atoms with Crippen LogP contribution in [0.1, 0.15) is 36.8 Å². The lowest BCUT2D eigenvalue weighted by Crippen LogP contribution is -2.21. The fourth-order valence-corrected chi connectivity index (χ4v) is 5.15. The molecule has 0 spiro atoms. The first-order valence-corrected chi connectivity index (χ1v) is 9.45. The zero-order valence-corrected chi connectivity index (χ0v) is 14.1. The number of fused-ring (bicyclic) bond motifs is 2. The summed E-state index contributed by atoms with van der Waals surface area (Å²) in [6.45, 7) is 0.632. The van der Waals surface area contributed by atoms with Crippen LogP contribution in [-0.2, 0) is 6.61 Å². The van der Waals surface area contributed by atoms with Crippen molar-refractivity contribution in [3.63, 3.8) is 0 Å². The first-order chi connectivity index (χ1) is 11.4. The average Bonchev–Trinajstić information content (AvgIpc) is 2.61. The normalized spacial score (nSPS) is 23.2. The van der Waals surface area contributed by atoms with Crippen molar-refractivity contribution in [1.29, 1.82) is 0 Å². The van der Waals surface area contributed by atoms with E-state index in [-0.39, 0.29) is 0 Å². The molecular weight excluding hydrogens is 300 g/mol. The van der Waals surface area contributed by atoms with Gasteiger partial charge in [0.25, 0.3) is 0 Å². The predicted octanol–water partition coefficient (Wildman–Crippen LogP) is 5.71. The first-order valence-electron chi connectivity index (χ1n) is 8.51. The second-order valence-electron chi connectivity index (χ2n) is 6.39. The van der Waals surface area contributed by atoms with Crippen LogP contribution in [-0.4, -0.2) is 10.5 Å². The molecule has 0 N–H and O–H groups in total. The summed E-state index contributed by atoms with van der Waals surface area (Å²) in [4.78, 5) is 0. The highest BCUT2D eigenvalue weighted by Crippen LogP contribution is 2.44. The molecule has 118 valence electrons. The average molecular weight is 322 g/mol. The second kappa shape index (κ2) is 6.84. The van der Waals surface area contributed by atoms with Crippen molar-refractivity contribution in [1.82, 2.24) is 0 Å². The van der Waals surface area contributed by atoms with Crippen LogP contribution in [0.25, 0.3) is 5.57 Å². The summed E-state index contributed by atoms with van der Waals surface area (Å²) < 4.78 is 6.15. The third-order valence-electron chi connectivity index (χ3n) is 4.69. The number of hydrogen-bond acceptors (Lipinski definition) is 2. The lowest BCUT2D eigenvalue weighted by atomic mass is 9.93. The van der Waals surface area contributed by atoms with Crippen LogP contribution in [0, 0.1) is 0 Å². The summed E-state index contributed by atoms with van der Waals surface area (Å²) in [5.74, 6) is 1.02. The van der Waals surface area contributed by atoms with E-state index in [0.29, 0.717) is 11.9 Å². The molecule has 2 aliphatic rings. The number of hydrogen-bond donors (Lipinski definition) is 0. The summed E-state index contributed by atoms with van der Waals surface area (Å²) in [5.41, 5.74) is 4.00. The summed E-state index contributed by atoms with van der Waals surface area (Å²) in [5, 5.41) is 1.51. The molecule has 1 fully saturated rings. The minimum absolute atomic E-state index is 0.632. The van der Waals surface area contributed by atoms with Gasteiger partial charge in [-0.2, -0.15) is 11.8 Å². The van der Waals surface area contributed by atoms with Gasteiger partial charge in [0, 0.05) is 16.1 Å². The van der Waals surface area contributed by atoms with Crippen LogP contribution in [0.15, 0.2) is 60.7 Å². The topological polar surface area (TPSA) is 9.23 Å². The molecule has 23 heavy (non-hydrogen) atoms. The van der Waals surface area contributed by atoms with Crippen molar-refractivity contribution in [3.05, 3.63) is 71.8 Å². The van der Waals surface area contributed by atoms with Gasteiger partial charge in [-0.05, 0) is 36.5 Å². The maximum atomic E-state index is 6.15. The molecule has 2 atom stereocenters. The van der Waals surface area contributed by atoms with Crippen LogP contribution < -0.4 is 4.74 Å². The number of para-hydroxylation sites is 1. The van der Waals surface area contributed by atoms with Crippen molar-refractivity contribution in [3.8, 4) is 5.75 Å². The molecule has 4 rings (SSSR count). The largest absolute Gasteiger partial charge is 0.488 e. The molecule has 0 aromatic heterocycles. The lowest BCUT2D eigenvalue weighted by molar-refractivity contribution is 0.305. The Hall–Kier alpha value is -1.67. The van der Waals surface area contributed by atoms with Gasteiger partial charge in [-0.25, -0.2) is 0 Å². The summed E-state index contributed by atoms with van der Waals surface area (Å²) in [6.07, 6.45) is 7.76. The third-order valence-corrected chi connectivity index (χ3v) is 6.20. The lowest BCUT2D eigenvalue weighted by Gasteiger charge is -2.33. The van der Waals surface area contributed by atoms with Gasteiger partial charge in [0.15, 0.2) is 0 Å². The van der Waals surface area contributed by atoms with E-state index in [1.54, 1.807) is 0 Å². The molecular formula is C21H22OS. The SMILES string of the molecule is C1=C(c2ccccc2OCc2ccccc2)CC2CCCC1S2. The van der Waals surface area contributed by atoms with Crippen LogP contribution >= 0.6 is 11.8 Å². The Morgan fingerprint density at radius 2 is 1.78 bits per heavy atom. The molecule has 0 radical (unpaired) electrons. The second-order valence-corrected chi connectivity index (χ2v) is 7.94. The predicted molar refractivity (Wildman–Crippen MR) is 98.8 cm³/mol. The molecule has 0 aliphatic carbocycles. The highest BCUT2D eigenvalue weighted by Gasteiger charge is 2.28. The minimum Gasteiger partial charge on any atom is -0.488 e. The Bertz CT molecular complexity index is 692. The van der Waals surface area contributed by atoms with E-state index >= 15 is 0 Å². The first kappa shape index (κ1) is 14.9. The fraction of sp³-hybridized carbons (Fsp3) is 0.333. The van der Waals surface area contributed by atoms with Gasteiger partial charge < -0.3 is 4.74 Å². The van der Waals surface area contributed by atoms with E-state index in [0.717, 1.165) is 11.0 Å². The standard InChI is InChI=1S/C21H22OS/c1-2-7-16(8-3-1)15-22-21-12-5-4-11-20(21)17-13-18-9-6-10-19(14-17)23-18/h1-5,7-8,11-13,18-19H,6,9-10,14-15H2. The Morgan fingerprint density at radius 3 is 2.65 bits per heavy atom. The highest BCUT2D eigenvalue weighted by atomic mass is 32.2. The van der Waals surface area contributed by atoms with Crippen molar-refractivity contribution >= 4 is 17.3 Å². The van der Waals surface area contributed by atoms with Gasteiger partial charge in [0.05, 0.1) is 0 Å². The summed E-state index contributed by atoms with van der Waals surface area (Å²) in [6, 6.07) is 18.9. The molecule has 2 heterocycles. The Kier molecular flexibility index (Phi) is 4.43. The van der Waals surface area contributed by atoms with Crippen LogP contribution in [0.5, 0.6) is 5.75 Å². The van der Waals surface area contributed by atoms with E-state index in [1.165, 1.54) is 42.4 Å². The molecule has 2 aromatic carbocycles. The summed E-state index contributed by atoms with van der Waals surface area (Å²) in [7, 11) is 0. The third kappa shape index (κ3) is 3.48. The highest BCUT2D eigenvalue weighted by molar-refractivity contribution is 8.00. The van der Waals surface area contributed by atoms with Gasteiger partial charge in [-0.3, -0.25) is 0 Å². The molecule has 2 bridgehead atoms. The van der Waals surface area contributed by atoms with E-state index in [1.807, 2.05) is 6.07 Å². The van der Waals surface area contributed by atoms with Crippen LogP contribution in [0.3, 0.4) is 0 Å². The number of ether oxygens (including phenoxy) is 1. The van der Waals surface area contributed by atoms with Gasteiger partial charge in [-0.1, -0.05) is 61.0 Å². The van der Waals surface area contributed by atoms with Crippen molar-refractivity contribution in [2.75, 3.05) is 0 Å². The quantitative estimate of drug-likeness (QED) is 0.713. The van der Waals surface area contributed by atoms with Crippen LogP contribution in [0.2, 0.25) is 0 Å². The molecule has 2 aromatic rings. The fourth-order valence-electron chi connectivity index (χ4n) is 3.53. The number of thioether (sulfide) groups is 1. The molecule has 2 aliphatic heterocycles. The maximum Gasteiger partial charge on any atom is 0.127 e. The van der Waals surface area contributed by atoms with Gasteiger partial charge >= 0.3 is 0 Å². The van der Waals surface area contributed by atoms with Gasteiger partial charge in [0.2, 0.25) is 0 Å². The molecule has 0 saturated carbocycles. The maximum absolute atomic E-state index is 6.15. The van der Waals surface area contributed by atoms with E-state index in [2.05, 4.69) is 66.4 Å². The monoisotopic (exact) mass is 322 g/mol. The Balaban J connectivity index is 1.56. The number of allylic oxidation sites excluding steroid dienone is 1. The van der Waals surface area contributed by atoms with Gasteiger partial charge in [-0.15, -0.1) is 0 Å². The van der Waals surface area contributed by atoms with E-state index in [4.69, 9.17) is 4.74 Å². The zero-order chi connectivity index (χ0) is 15.5. The number of benzene rings is 2. The van der Waals surface area contributed by atoms with E-state index < -0.39 is 0 Å². The molecule has 2 heteroatoms. The molecule has 0 amide bonds. The molecule has 1 nitrogen and oxygen atoms in total. The number of rotatable bonds is 4. The summed E-state index contributed by atoms with van der Waals surface area (Å²) >= 11 is 2.17. The minimum atomic E-state index is 0.632. The Labute approximate surface area is 142 Å². The van der Waals surface area contributed by atoms with E-state index in [9.17, 15) is 0 Å². The van der Waals surface area contributed by atoms with Gasteiger partial charge in [0.1, 0.15) is 12.4 Å². The zero-order valence-electron chi connectivity index (χ0n) is 13.3. The van der Waals surface area contributed by atoms with Crippen molar-refractivity contribution in [2.24, 2.45) is 0 Å². The molecule has 2 unspecified atom stereocenters. The van der Waals surface area contributed by atoms with Crippen LogP contribution in [0.4, 0.5) is 0 Å². The molecule has 1 saturated heterocycles. The van der Waals surface area contributed by atoms with Crippen molar-refractivity contribution in [2.45, 2.75) is 42.8 Å². The van der Waals surface area contributed by atoms with Crippen molar-refractivity contribution < 1.29 is 4.74 Å². The Morgan fingerprint density at radius 1 is 0.957 bits per heavy atom. The smallest absolute Gasteiger partial charge is 0.127 e.